The van der Waals surface area contributed by atoms with Gasteiger partial charge in [-0.15, -0.1) is 11.8 Å². The van der Waals surface area contributed by atoms with Crippen LogP contribution in [0.25, 0.3) is 6.08 Å². The van der Waals surface area contributed by atoms with Gasteiger partial charge in [-0.05, 0) is 28.2 Å². The first kappa shape index (κ1) is 18.5. The van der Waals surface area contributed by atoms with Gasteiger partial charge in [-0.25, -0.2) is 4.98 Å². The SMILES string of the molecule is Nc1ncc(C=CSC(c2ccccc2)(c2ccccc2)c2ccccc2)s1. The lowest BCUT2D eigenvalue weighted by Crippen LogP contribution is -2.24. The number of aromatic nitrogens is 1. The summed E-state index contributed by atoms with van der Waals surface area (Å²) in [6.45, 7) is 0. The van der Waals surface area contributed by atoms with Crippen molar-refractivity contribution in [1.82, 2.24) is 4.98 Å². The zero-order valence-corrected chi connectivity index (χ0v) is 16.9. The van der Waals surface area contributed by atoms with Crippen molar-refractivity contribution in [3.8, 4) is 0 Å². The lowest BCUT2D eigenvalue weighted by atomic mass is 9.84. The second kappa shape index (κ2) is 8.46. The Morgan fingerprint density at radius 2 is 1.21 bits per heavy atom. The van der Waals surface area contributed by atoms with E-state index in [4.69, 9.17) is 5.73 Å². The van der Waals surface area contributed by atoms with Crippen LogP contribution in [0.4, 0.5) is 5.13 Å². The van der Waals surface area contributed by atoms with Gasteiger partial charge in [-0.2, -0.15) is 0 Å². The molecule has 0 aliphatic carbocycles. The number of hydrogen-bond donors (Lipinski definition) is 1. The number of thiazole rings is 1. The highest BCUT2D eigenvalue weighted by atomic mass is 32.2. The maximum Gasteiger partial charge on any atom is 0.180 e. The molecule has 4 rings (SSSR count). The van der Waals surface area contributed by atoms with Crippen molar-refractivity contribution in [1.29, 1.82) is 0 Å². The van der Waals surface area contributed by atoms with Crippen LogP contribution in [0.2, 0.25) is 0 Å². The van der Waals surface area contributed by atoms with Gasteiger partial charge >= 0.3 is 0 Å². The first-order valence-corrected chi connectivity index (χ1v) is 10.7. The fourth-order valence-corrected chi connectivity index (χ4v) is 5.21. The highest BCUT2D eigenvalue weighted by molar-refractivity contribution is 8.03. The Bertz CT molecular complexity index is 945. The topological polar surface area (TPSA) is 38.9 Å². The van der Waals surface area contributed by atoms with E-state index in [0.717, 1.165) is 4.88 Å². The molecule has 1 aromatic heterocycles. The summed E-state index contributed by atoms with van der Waals surface area (Å²) in [7, 11) is 0. The van der Waals surface area contributed by atoms with Gasteiger partial charge in [0.2, 0.25) is 0 Å². The van der Waals surface area contributed by atoms with Crippen LogP contribution in [-0.2, 0) is 4.75 Å². The molecule has 0 bridgehead atoms. The van der Waals surface area contributed by atoms with E-state index < -0.39 is 0 Å². The summed E-state index contributed by atoms with van der Waals surface area (Å²) in [6.07, 6.45) is 3.90. The molecule has 2 N–H and O–H groups in total. The minimum atomic E-state index is -0.351. The molecule has 0 atom stereocenters. The van der Waals surface area contributed by atoms with Gasteiger partial charge in [0.1, 0.15) is 0 Å². The third-order valence-corrected chi connectivity index (χ3v) is 6.68. The molecule has 0 unspecified atom stereocenters. The Labute approximate surface area is 173 Å². The lowest BCUT2D eigenvalue weighted by molar-refractivity contribution is 0.900. The summed E-state index contributed by atoms with van der Waals surface area (Å²) in [6, 6.07) is 32.0. The van der Waals surface area contributed by atoms with Gasteiger partial charge in [-0.3, -0.25) is 0 Å². The van der Waals surface area contributed by atoms with E-state index in [1.807, 2.05) is 6.20 Å². The van der Waals surface area contributed by atoms with E-state index in [1.165, 1.54) is 28.0 Å². The van der Waals surface area contributed by atoms with E-state index in [9.17, 15) is 0 Å². The summed E-state index contributed by atoms with van der Waals surface area (Å²) >= 11 is 3.28. The van der Waals surface area contributed by atoms with Gasteiger partial charge < -0.3 is 5.73 Å². The summed E-state index contributed by atoms with van der Waals surface area (Å²) in [5.74, 6) is 0. The average molecular weight is 401 g/mol. The quantitative estimate of drug-likeness (QED) is 0.380. The minimum absolute atomic E-state index is 0.351. The normalized spacial score (nSPS) is 11.7. The molecule has 1 heterocycles. The fraction of sp³-hybridized carbons (Fsp3) is 0.0417. The Hall–Kier alpha value is -2.82. The predicted molar refractivity (Wildman–Crippen MR) is 122 cm³/mol. The number of hydrogen-bond acceptors (Lipinski definition) is 4. The largest absolute Gasteiger partial charge is 0.375 e. The number of anilines is 1. The van der Waals surface area contributed by atoms with Crippen molar-refractivity contribution in [2.75, 3.05) is 5.73 Å². The average Bonchev–Trinajstić information content (AvgIpc) is 3.18. The van der Waals surface area contributed by atoms with E-state index in [-0.39, 0.29) is 4.75 Å². The molecular weight excluding hydrogens is 380 g/mol. The lowest BCUT2D eigenvalue weighted by Gasteiger charge is -2.34. The number of nitrogens with zero attached hydrogens (tertiary/aromatic N) is 1. The van der Waals surface area contributed by atoms with Crippen molar-refractivity contribution < 1.29 is 0 Å². The highest BCUT2D eigenvalue weighted by Crippen LogP contribution is 2.49. The molecular formula is C24H20N2S2. The van der Waals surface area contributed by atoms with Crippen LogP contribution in [0.15, 0.2) is 103 Å². The molecule has 2 nitrogen and oxygen atoms in total. The Balaban J connectivity index is 1.86. The van der Waals surface area contributed by atoms with Gasteiger partial charge in [0.25, 0.3) is 0 Å². The molecule has 0 radical (unpaired) electrons. The van der Waals surface area contributed by atoms with Crippen molar-refractivity contribution in [3.63, 3.8) is 0 Å². The third kappa shape index (κ3) is 3.75. The van der Waals surface area contributed by atoms with Crippen LogP contribution in [0, 0.1) is 0 Å². The Morgan fingerprint density at radius 1 is 0.750 bits per heavy atom. The van der Waals surface area contributed by atoms with E-state index in [1.54, 1.807) is 11.8 Å². The van der Waals surface area contributed by atoms with Gasteiger partial charge in [-0.1, -0.05) is 102 Å². The monoisotopic (exact) mass is 400 g/mol. The highest BCUT2D eigenvalue weighted by Gasteiger charge is 2.36. The van der Waals surface area contributed by atoms with E-state index >= 15 is 0 Å². The van der Waals surface area contributed by atoms with Crippen LogP contribution in [0.1, 0.15) is 21.6 Å². The molecule has 0 amide bonds. The van der Waals surface area contributed by atoms with Crippen molar-refractivity contribution in [3.05, 3.63) is 124 Å². The number of thioether (sulfide) groups is 1. The Morgan fingerprint density at radius 3 is 1.61 bits per heavy atom. The van der Waals surface area contributed by atoms with Crippen molar-refractivity contribution in [2.24, 2.45) is 0 Å². The molecule has 3 aromatic carbocycles. The van der Waals surface area contributed by atoms with Crippen molar-refractivity contribution in [2.45, 2.75) is 4.75 Å². The molecule has 0 saturated carbocycles. The van der Waals surface area contributed by atoms with Gasteiger partial charge in [0.15, 0.2) is 5.13 Å². The van der Waals surface area contributed by atoms with Crippen LogP contribution in [0.5, 0.6) is 0 Å². The molecule has 4 heteroatoms. The summed E-state index contributed by atoms with van der Waals surface area (Å²) < 4.78 is -0.351. The second-order valence-electron chi connectivity index (χ2n) is 6.30. The predicted octanol–water partition coefficient (Wildman–Crippen LogP) is 6.42. The zero-order chi connectivity index (χ0) is 19.2. The first-order chi connectivity index (χ1) is 13.8. The third-order valence-electron chi connectivity index (χ3n) is 4.56. The molecule has 4 aromatic rings. The maximum absolute atomic E-state index is 5.78. The fourth-order valence-electron chi connectivity index (χ4n) is 3.30. The minimum Gasteiger partial charge on any atom is -0.375 e. The molecule has 0 saturated heterocycles. The molecule has 0 fully saturated rings. The standard InChI is InChI=1S/C24H20N2S2/c25-23-26-18-22(28-23)16-17-27-24(19-10-4-1-5-11-19,20-12-6-2-7-13-20)21-14-8-3-9-15-21/h1-18H,(H2,25,26). The molecule has 28 heavy (non-hydrogen) atoms. The van der Waals surface area contributed by atoms with Crippen LogP contribution < -0.4 is 5.73 Å². The Kier molecular flexibility index (Phi) is 5.60. The van der Waals surface area contributed by atoms with E-state index in [0.29, 0.717) is 5.13 Å². The summed E-state index contributed by atoms with van der Waals surface area (Å²) in [5.41, 5.74) is 9.50. The van der Waals surface area contributed by atoms with Crippen LogP contribution >= 0.6 is 23.1 Å². The summed E-state index contributed by atoms with van der Waals surface area (Å²) in [5, 5.41) is 2.74. The molecule has 138 valence electrons. The number of nitrogen functional groups attached to an aromatic ring is 1. The second-order valence-corrected chi connectivity index (χ2v) is 8.51. The number of nitrogens with two attached hydrogens (primary N) is 1. The smallest absolute Gasteiger partial charge is 0.180 e. The first-order valence-electron chi connectivity index (χ1n) is 9.01. The van der Waals surface area contributed by atoms with Gasteiger partial charge in [0, 0.05) is 11.1 Å². The zero-order valence-electron chi connectivity index (χ0n) is 15.2. The van der Waals surface area contributed by atoms with Crippen LogP contribution in [-0.4, -0.2) is 4.98 Å². The number of rotatable bonds is 6. The molecule has 0 aliphatic rings. The van der Waals surface area contributed by atoms with Crippen LogP contribution in [0.3, 0.4) is 0 Å². The van der Waals surface area contributed by atoms with Crippen molar-refractivity contribution >= 4 is 34.3 Å². The molecule has 0 spiro atoms. The molecule has 0 aliphatic heterocycles. The maximum atomic E-state index is 5.78. The number of benzene rings is 3. The summed E-state index contributed by atoms with van der Waals surface area (Å²) in [4.78, 5) is 5.19. The van der Waals surface area contributed by atoms with E-state index in [2.05, 4.69) is 107 Å². The van der Waals surface area contributed by atoms with Gasteiger partial charge in [0.05, 0.1) is 4.75 Å².